The van der Waals surface area contributed by atoms with Crippen molar-refractivity contribution in [2.45, 2.75) is 6.42 Å². The molecule has 0 fully saturated rings. The van der Waals surface area contributed by atoms with E-state index in [1.54, 1.807) is 31.4 Å². The number of sulfonamides is 1. The first kappa shape index (κ1) is 14.1. The topological polar surface area (TPSA) is 46.6 Å². The lowest BCUT2D eigenvalue weighted by atomic mass is 10.3. The molecule has 0 radical (unpaired) electrons. The number of anilines is 1. The fraction of sp³-hybridized carbons (Fsp3) is 0.455. The van der Waals surface area contributed by atoms with E-state index < -0.39 is 10.0 Å². The Morgan fingerprint density at radius 2 is 2.12 bits per heavy atom. The lowest BCUT2D eigenvalue weighted by Gasteiger charge is -2.19. The molecule has 0 spiro atoms. The van der Waals surface area contributed by atoms with Gasteiger partial charge in [0.15, 0.2) is 0 Å². The number of hydrogen-bond acceptors (Lipinski definition) is 3. The van der Waals surface area contributed by atoms with Crippen LogP contribution in [-0.2, 0) is 10.0 Å². The molecule has 0 aliphatic carbocycles. The highest BCUT2D eigenvalue weighted by molar-refractivity contribution is 7.92. The maximum atomic E-state index is 11.9. The molecule has 0 amide bonds. The molecular formula is C11H16ClNO3S. The fourth-order valence-corrected chi connectivity index (χ4v) is 2.85. The van der Waals surface area contributed by atoms with Gasteiger partial charge in [0.25, 0.3) is 0 Å². The first-order chi connectivity index (χ1) is 8.01. The average Bonchev–Trinajstić information content (AvgIpc) is 2.35. The van der Waals surface area contributed by atoms with Crippen molar-refractivity contribution in [2.75, 3.05) is 30.1 Å². The minimum absolute atomic E-state index is 0.0458. The summed E-state index contributed by atoms with van der Waals surface area (Å²) in [5.74, 6) is 1.01. The number of nitrogens with zero attached hydrogens (tertiary/aromatic N) is 1. The van der Waals surface area contributed by atoms with Crippen LogP contribution in [0.5, 0.6) is 5.75 Å². The van der Waals surface area contributed by atoms with Crippen molar-refractivity contribution in [1.82, 2.24) is 0 Å². The Labute approximate surface area is 107 Å². The van der Waals surface area contributed by atoms with Crippen LogP contribution in [0.2, 0.25) is 0 Å². The number of ether oxygens (including phenoxy) is 1. The Hall–Kier alpha value is -0.940. The molecule has 0 saturated carbocycles. The van der Waals surface area contributed by atoms with Gasteiger partial charge in [-0.15, -0.1) is 11.6 Å². The Bertz CT molecular complexity index is 462. The summed E-state index contributed by atoms with van der Waals surface area (Å²) >= 11 is 5.50. The molecular weight excluding hydrogens is 262 g/mol. The largest absolute Gasteiger partial charge is 0.497 e. The molecule has 96 valence electrons. The second-order valence-corrected chi connectivity index (χ2v) is 6.03. The summed E-state index contributed by atoms with van der Waals surface area (Å²) in [4.78, 5) is 0. The smallest absolute Gasteiger partial charge is 0.234 e. The van der Waals surface area contributed by atoms with Crippen molar-refractivity contribution in [1.29, 1.82) is 0 Å². The van der Waals surface area contributed by atoms with E-state index in [0.29, 0.717) is 23.7 Å². The zero-order valence-corrected chi connectivity index (χ0v) is 11.5. The molecule has 0 unspecified atom stereocenters. The Balaban J connectivity index is 2.91. The van der Waals surface area contributed by atoms with E-state index in [2.05, 4.69) is 0 Å². The fourth-order valence-electron chi connectivity index (χ4n) is 1.34. The molecule has 17 heavy (non-hydrogen) atoms. The molecule has 1 rings (SSSR count). The highest BCUT2D eigenvalue weighted by Crippen LogP contribution is 2.22. The number of rotatable bonds is 6. The molecule has 1 aromatic carbocycles. The van der Waals surface area contributed by atoms with Gasteiger partial charge in [0.2, 0.25) is 10.0 Å². The van der Waals surface area contributed by atoms with Crippen LogP contribution in [0, 0.1) is 0 Å². The van der Waals surface area contributed by atoms with Crippen molar-refractivity contribution in [3.05, 3.63) is 24.3 Å². The number of alkyl halides is 1. The van der Waals surface area contributed by atoms with Gasteiger partial charge in [-0.2, -0.15) is 0 Å². The van der Waals surface area contributed by atoms with E-state index >= 15 is 0 Å². The summed E-state index contributed by atoms with van der Waals surface area (Å²) in [6, 6.07) is 6.92. The van der Waals surface area contributed by atoms with Gasteiger partial charge in [-0.1, -0.05) is 6.07 Å². The average molecular weight is 278 g/mol. The molecule has 0 heterocycles. The van der Waals surface area contributed by atoms with Gasteiger partial charge in [-0.25, -0.2) is 8.42 Å². The van der Waals surface area contributed by atoms with Gasteiger partial charge in [0.1, 0.15) is 5.75 Å². The van der Waals surface area contributed by atoms with Crippen molar-refractivity contribution in [2.24, 2.45) is 0 Å². The third-order valence-corrected chi connectivity index (χ3v) is 4.49. The Morgan fingerprint density at radius 1 is 1.41 bits per heavy atom. The van der Waals surface area contributed by atoms with Gasteiger partial charge in [-0.3, -0.25) is 4.31 Å². The molecule has 0 aliphatic heterocycles. The molecule has 0 bridgehead atoms. The van der Waals surface area contributed by atoms with Gasteiger partial charge >= 0.3 is 0 Å². The van der Waals surface area contributed by atoms with E-state index in [1.807, 2.05) is 0 Å². The zero-order valence-electron chi connectivity index (χ0n) is 9.89. The maximum absolute atomic E-state index is 11.9. The van der Waals surface area contributed by atoms with Gasteiger partial charge in [-0.05, 0) is 18.6 Å². The number of benzene rings is 1. The van der Waals surface area contributed by atoms with Crippen molar-refractivity contribution in [3.8, 4) is 5.75 Å². The van der Waals surface area contributed by atoms with Crippen molar-refractivity contribution >= 4 is 27.3 Å². The van der Waals surface area contributed by atoms with Crippen LogP contribution in [0.25, 0.3) is 0 Å². The molecule has 0 aliphatic rings. The Morgan fingerprint density at radius 3 is 2.71 bits per heavy atom. The second kappa shape index (κ2) is 6.12. The highest BCUT2D eigenvalue weighted by atomic mass is 35.5. The Kier molecular flexibility index (Phi) is 5.08. The first-order valence-electron chi connectivity index (χ1n) is 5.18. The van der Waals surface area contributed by atoms with E-state index in [0.717, 1.165) is 0 Å². The number of halogens is 1. The lowest BCUT2D eigenvalue weighted by molar-refractivity contribution is 0.415. The van der Waals surface area contributed by atoms with E-state index in [4.69, 9.17) is 16.3 Å². The molecule has 0 saturated heterocycles. The summed E-state index contributed by atoms with van der Waals surface area (Å²) < 4.78 is 30.1. The lowest BCUT2D eigenvalue weighted by Crippen LogP contribution is -2.29. The summed E-state index contributed by atoms with van der Waals surface area (Å²) in [5, 5.41) is 0. The van der Waals surface area contributed by atoms with Crippen LogP contribution < -0.4 is 9.04 Å². The van der Waals surface area contributed by atoms with Crippen molar-refractivity contribution < 1.29 is 13.2 Å². The van der Waals surface area contributed by atoms with E-state index in [1.165, 1.54) is 11.4 Å². The predicted octanol–water partition coefficient (Wildman–Crippen LogP) is 2.09. The summed E-state index contributed by atoms with van der Waals surface area (Å²) in [5.41, 5.74) is 0.582. The van der Waals surface area contributed by atoms with E-state index in [9.17, 15) is 8.42 Å². The summed E-state index contributed by atoms with van der Waals surface area (Å²) in [6.45, 7) is 0. The minimum Gasteiger partial charge on any atom is -0.497 e. The first-order valence-corrected chi connectivity index (χ1v) is 7.32. The van der Waals surface area contributed by atoms with Crippen LogP contribution in [0.15, 0.2) is 24.3 Å². The van der Waals surface area contributed by atoms with Gasteiger partial charge in [0, 0.05) is 19.0 Å². The van der Waals surface area contributed by atoms with Crippen LogP contribution in [0.1, 0.15) is 6.42 Å². The number of hydrogen-bond donors (Lipinski definition) is 0. The van der Waals surface area contributed by atoms with Gasteiger partial charge < -0.3 is 4.74 Å². The predicted molar refractivity (Wildman–Crippen MR) is 70.5 cm³/mol. The molecule has 4 nitrogen and oxygen atoms in total. The van der Waals surface area contributed by atoms with Crippen LogP contribution in [-0.4, -0.2) is 34.2 Å². The molecule has 0 N–H and O–H groups in total. The van der Waals surface area contributed by atoms with Crippen molar-refractivity contribution in [3.63, 3.8) is 0 Å². The minimum atomic E-state index is -3.31. The zero-order chi connectivity index (χ0) is 12.9. The molecule has 1 aromatic rings. The summed E-state index contributed by atoms with van der Waals surface area (Å²) in [6.07, 6.45) is 0.443. The van der Waals surface area contributed by atoms with Crippen LogP contribution >= 0.6 is 11.6 Å². The molecule has 6 heteroatoms. The highest BCUT2D eigenvalue weighted by Gasteiger charge is 2.17. The third-order valence-electron chi connectivity index (χ3n) is 2.37. The monoisotopic (exact) mass is 277 g/mol. The standard InChI is InChI=1S/C11H16ClNO3S/c1-13(17(14,15)8-4-7-12)10-5-3-6-11(9-10)16-2/h3,5-6,9H,4,7-8H2,1-2H3. The quantitative estimate of drug-likeness (QED) is 0.748. The van der Waals surface area contributed by atoms with Gasteiger partial charge in [0.05, 0.1) is 18.6 Å². The van der Waals surface area contributed by atoms with E-state index in [-0.39, 0.29) is 5.75 Å². The maximum Gasteiger partial charge on any atom is 0.234 e. The van der Waals surface area contributed by atoms with Crippen LogP contribution in [0.3, 0.4) is 0 Å². The SMILES string of the molecule is COc1cccc(N(C)S(=O)(=O)CCCCl)c1. The third kappa shape index (κ3) is 3.78. The molecule has 0 atom stereocenters. The second-order valence-electron chi connectivity index (χ2n) is 3.53. The number of methoxy groups -OCH3 is 1. The summed E-state index contributed by atoms with van der Waals surface area (Å²) in [7, 11) is -0.238. The molecule has 0 aromatic heterocycles. The van der Waals surface area contributed by atoms with Crippen LogP contribution in [0.4, 0.5) is 5.69 Å². The normalized spacial score (nSPS) is 11.2.